The fraction of sp³-hybridized carbons (Fsp3) is 0.167. The summed E-state index contributed by atoms with van der Waals surface area (Å²) in [5.74, 6) is 0.897. The second-order valence-electron chi connectivity index (χ2n) is 5.89. The quantitative estimate of drug-likeness (QED) is 0.142. The van der Waals surface area contributed by atoms with E-state index in [1.807, 2.05) is 0 Å². The number of hydrogen-bond acceptors (Lipinski definition) is 16. The molecule has 0 saturated heterocycles. The lowest BCUT2D eigenvalue weighted by Gasteiger charge is -2.00. The van der Waals surface area contributed by atoms with Crippen LogP contribution in [0, 0.1) is 0 Å². The molecule has 0 radical (unpaired) electrons. The minimum atomic E-state index is -0.248. The molecule has 0 amide bonds. The van der Waals surface area contributed by atoms with Gasteiger partial charge in [0, 0.05) is 0 Å². The maximum absolute atomic E-state index is 9.04. The van der Waals surface area contributed by atoms with E-state index in [0.717, 1.165) is 0 Å². The summed E-state index contributed by atoms with van der Waals surface area (Å²) in [6.45, 7) is -0.497. The van der Waals surface area contributed by atoms with Gasteiger partial charge in [0.2, 0.25) is 11.9 Å². The third-order valence-electron chi connectivity index (χ3n) is 3.70. The highest BCUT2D eigenvalue weighted by Crippen LogP contribution is 2.10. The summed E-state index contributed by atoms with van der Waals surface area (Å²) >= 11 is 0. The monoisotopic (exact) mass is 440 g/mol. The molecular formula is C12H12N18O2. The van der Waals surface area contributed by atoms with Gasteiger partial charge in [-0.25, -0.2) is 10.2 Å². The van der Waals surface area contributed by atoms with Gasteiger partial charge in [0.05, 0.1) is 25.6 Å². The minimum Gasteiger partial charge on any atom is -0.390 e. The zero-order chi connectivity index (χ0) is 21.9. The van der Waals surface area contributed by atoms with E-state index in [1.165, 1.54) is 21.8 Å². The van der Waals surface area contributed by atoms with Gasteiger partial charge in [0.15, 0.2) is 0 Å². The summed E-state index contributed by atoms with van der Waals surface area (Å²) in [6, 6.07) is 0. The van der Waals surface area contributed by atoms with Gasteiger partial charge in [-0.1, -0.05) is 10.4 Å². The van der Waals surface area contributed by atoms with Crippen molar-refractivity contribution in [2.75, 3.05) is 10.6 Å². The number of H-pyrrole nitrogens is 2. The molecule has 0 aliphatic carbocycles. The second-order valence-corrected chi connectivity index (χ2v) is 5.89. The normalized spacial score (nSPS) is 11.1. The van der Waals surface area contributed by atoms with Crippen LogP contribution in [0.5, 0.6) is 0 Å². The molecule has 0 saturated carbocycles. The van der Waals surface area contributed by atoms with Crippen LogP contribution in [0.4, 0.5) is 23.8 Å². The Morgan fingerprint density at radius 3 is 1.50 bits per heavy atom. The van der Waals surface area contributed by atoms with Gasteiger partial charge in [-0.2, -0.15) is 19.3 Å². The summed E-state index contributed by atoms with van der Waals surface area (Å²) in [6.07, 6.45) is 2.96. The van der Waals surface area contributed by atoms with Crippen molar-refractivity contribution in [1.29, 1.82) is 0 Å². The first kappa shape index (κ1) is 19.0. The summed E-state index contributed by atoms with van der Waals surface area (Å²) in [5, 5.41) is 67.3. The molecule has 0 atom stereocenters. The first-order valence-corrected chi connectivity index (χ1v) is 8.71. The van der Waals surface area contributed by atoms with Crippen molar-refractivity contribution in [2.45, 2.75) is 13.2 Å². The molecule has 0 aliphatic heterocycles. The minimum absolute atomic E-state index is 0.0466. The molecule has 32 heavy (non-hydrogen) atoms. The predicted octanol–water partition coefficient (Wildman–Crippen LogP) is -2.86. The number of aliphatic hydroxyl groups is 2. The molecule has 6 N–H and O–H groups in total. The van der Waals surface area contributed by atoms with Crippen molar-refractivity contribution in [3.63, 3.8) is 0 Å². The number of nitrogens with zero attached hydrogens (tertiary/aromatic N) is 14. The average molecular weight is 440 g/mol. The van der Waals surface area contributed by atoms with Crippen LogP contribution in [-0.4, -0.2) is 91.0 Å². The van der Waals surface area contributed by atoms with Crippen molar-refractivity contribution in [1.82, 2.24) is 80.7 Å². The lowest BCUT2D eigenvalue weighted by Crippen LogP contribution is -2.06. The molecular weight excluding hydrogens is 428 g/mol. The van der Waals surface area contributed by atoms with E-state index in [-0.39, 0.29) is 48.9 Å². The van der Waals surface area contributed by atoms with Gasteiger partial charge in [0.25, 0.3) is 23.8 Å². The van der Waals surface area contributed by atoms with E-state index < -0.39 is 0 Å². The van der Waals surface area contributed by atoms with E-state index in [9.17, 15) is 0 Å². The Bertz CT molecular complexity index is 1210. The van der Waals surface area contributed by atoms with E-state index in [4.69, 9.17) is 10.2 Å². The molecule has 5 rings (SSSR count). The van der Waals surface area contributed by atoms with Crippen LogP contribution < -0.4 is 10.6 Å². The molecule has 0 spiro atoms. The number of aliphatic hydroxyl groups excluding tert-OH is 2. The Balaban J connectivity index is 1.22. The maximum Gasteiger partial charge on any atom is 0.272 e. The molecule has 0 aliphatic rings. The molecule has 0 aromatic carbocycles. The number of anilines is 4. The maximum atomic E-state index is 9.04. The standard InChI is InChI=1S/C12H12N18O2/c31-3-5-1-29(27-17-5)11-15-7(19-25-11)13-9-21-23-10(24-22-9)14-8-16-12(26-20-8)30-2-6(4-32)18-28-30/h1-2,31-32H,3-4H2,(H2,13,15,19,21,22,25)(H2,14,16,20,23,24,26). The number of rotatable bonds is 8. The molecule has 162 valence electrons. The first-order valence-electron chi connectivity index (χ1n) is 8.71. The Kier molecular flexibility index (Phi) is 4.77. The molecule has 0 unspecified atom stereocenters. The van der Waals surface area contributed by atoms with Gasteiger partial charge in [-0.15, -0.1) is 40.8 Å². The Labute approximate surface area is 175 Å². The third kappa shape index (κ3) is 3.88. The van der Waals surface area contributed by atoms with Crippen molar-refractivity contribution in [3.8, 4) is 11.9 Å². The van der Waals surface area contributed by atoms with Crippen LogP contribution in [0.1, 0.15) is 11.4 Å². The molecule has 5 aromatic rings. The number of nitrogens with one attached hydrogen (secondary N) is 4. The zero-order valence-corrected chi connectivity index (χ0v) is 15.7. The van der Waals surface area contributed by atoms with Gasteiger partial charge in [0.1, 0.15) is 11.4 Å². The van der Waals surface area contributed by atoms with Crippen LogP contribution in [0.3, 0.4) is 0 Å². The largest absolute Gasteiger partial charge is 0.390 e. The number of aromatic nitrogens is 16. The number of aromatic amines is 2. The average Bonchev–Trinajstić information content (AvgIpc) is 3.60. The summed E-state index contributed by atoms with van der Waals surface area (Å²) in [4.78, 5) is 8.30. The summed E-state index contributed by atoms with van der Waals surface area (Å²) in [5.41, 5.74) is 0.749. The van der Waals surface area contributed by atoms with Gasteiger partial charge >= 0.3 is 0 Å². The van der Waals surface area contributed by atoms with Gasteiger partial charge < -0.3 is 10.2 Å². The summed E-state index contributed by atoms with van der Waals surface area (Å²) in [7, 11) is 0. The Hall–Kier alpha value is -4.98. The van der Waals surface area contributed by atoms with Gasteiger partial charge in [-0.3, -0.25) is 10.6 Å². The topological polar surface area (TPSA) is 261 Å². The van der Waals surface area contributed by atoms with Crippen LogP contribution >= 0.6 is 0 Å². The smallest absolute Gasteiger partial charge is 0.272 e. The van der Waals surface area contributed by atoms with E-state index in [1.54, 1.807) is 0 Å². The van der Waals surface area contributed by atoms with Crippen LogP contribution in [0.25, 0.3) is 11.9 Å². The van der Waals surface area contributed by atoms with E-state index in [0.29, 0.717) is 11.4 Å². The van der Waals surface area contributed by atoms with Crippen LogP contribution in [0.2, 0.25) is 0 Å². The Morgan fingerprint density at radius 2 is 1.12 bits per heavy atom. The fourth-order valence-electron chi connectivity index (χ4n) is 2.30. The van der Waals surface area contributed by atoms with E-state index >= 15 is 0 Å². The zero-order valence-electron chi connectivity index (χ0n) is 15.7. The molecule has 0 bridgehead atoms. The van der Waals surface area contributed by atoms with Crippen molar-refractivity contribution >= 4 is 23.8 Å². The number of hydrogen-bond donors (Lipinski definition) is 6. The second kappa shape index (κ2) is 8.04. The highest BCUT2D eigenvalue weighted by atomic mass is 16.3. The van der Waals surface area contributed by atoms with E-state index in [2.05, 4.69) is 82.0 Å². The molecule has 5 heterocycles. The van der Waals surface area contributed by atoms with Crippen molar-refractivity contribution in [3.05, 3.63) is 23.8 Å². The molecule has 5 aromatic heterocycles. The van der Waals surface area contributed by atoms with Gasteiger partial charge in [-0.05, 0) is 0 Å². The third-order valence-corrected chi connectivity index (χ3v) is 3.70. The first-order chi connectivity index (χ1) is 15.7. The summed E-state index contributed by atoms with van der Waals surface area (Å²) < 4.78 is 2.57. The molecule has 20 nitrogen and oxygen atoms in total. The van der Waals surface area contributed by atoms with Crippen molar-refractivity contribution < 1.29 is 10.2 Å². The molecule has 0 fully saturated rings. The Morgan fingerprint density at radius 1 is 0.688 bits per heavy atom. The van der Waals surface area contributed by atoms with Crippen molar-refractivity contribution in [2.24, 2.45) is 0 Å². The highest BCUT2D eigenvalue weighted by molar-refractivity contribution is 5.44. The lowest BCUT2D eigenvalue weighted by atomic mass is 10.5. The lowest BCUT2D eigenvalue weighted by molar-refractivity contribution is 0.276. The predicted molar refractivity (Wildman–Crippen MR) is 98.6 cm³/mol. The molecule has 20 heteroatoms. The fourth-order valence-corrected chi connectivity index (χ4v) is 2.30. The van der Waals surface area contributed by atoms with Crippen LogP contribution in [0.15, 0.2) is 12.4 Å². The van der Waals surface area contributed by atoms with Crippen LogP contribution in [-0.2, 0) is 13.2 Å². The SMILES string of the molecule is OCc1cn(-c2n[nH]c(Nc3nnc(Nc4nc(-n5cc(CO)nn5)n[nH]4)nn3)n2)nn1. The highest BCUT2D eigenvalue weighted by Gasteiger charge is 2.12.